The monoisotopic (exact) mass is 411 g/mol. The Bertz CT molecular complexity index is 1080. The van der Waals surface area contributed by atoms with Gasteiger partial charge in [-0.25, -0.2) is 4.79 Å². The highest BCUT2D eigenvalue weighted by atomic mass is 35.5. The van der Waals surface area contributed by atoms with E-state index in [2.05, 4.69) is 15.3 Å². The van der Waals surface area contributed by atoms with E-state index in [9.17, 15) is 14.4 Å². The third-order valence-corrected chi connectivity index (χ3v) is 4.48. The normalized spacial score (nSPS) is 10.4. The average Bonchev–Trinajstić information content (AvgIpc) is 2.66. The lowest BCUT2D eigenvalue weighted by atomic mass is 10.1. The summed E-state index contributed by atoms with van der Waals surface area (Å²) < 4.78 is 5.33. The minimum absolute atomic E-state index is 0.0174. The van der Waals surface area contributed by atoms with Gasteiger partial charge in [-0.1, -0.05) is 11.6 Å². The van der Waals surface area contributed by atoms with Gasteiger partial charge in [0, 0.05) is 33.2 Å². The molecule has 3 aromatic rings. The van der Waals surface area contributed by atoms with Crippen LogP contribution in [0.3, 0.4) is 0 Å². The van der Waals surface area contributed by atoms with E-state index < -0.39 is 11.7 Å². The van der Waals surface area contributed by atoms with E-state index in [-0.39, 0.29) is 12.3 Å². The van der Waals surface area contributed by atoms with Gasteiger partial charge in [-0.2, -0.15) is 4.98 Å². The van der Waals surface area contributed by atoms with Gasteiger partial charge in [0.25, 0.3) is 5.91 Å². The molecule has 0 aliphatic rings. The first-order valence-electron chi connectivity index (χ1n) is 8.76. The molecule has 7 nitrogen and oxygen atoms in total. The molecular formula is C21H18ClN3O4. The average molecular weight is 412 g/mol. The molecule has 0 aliphatic heterocycles. The van der Waals surface area contributed by atoms with Crippen LogP contribution in [0, 0.1) is 13.8 Å². The number of halogens is 1. The molecule has 0 spiro atoms. The predicted octanol–water partition coefficient (Wildman–Crippen LogP) is 3.44. The number of rotatable bonds is 5. The number of carbonyl (C=O) groups excluding carboxylic acids is 2. The standard InChI is InChI=1S/C21H18ClN3O4/c1-12-18(13(2)24-21(28)23-12)11-19(26)29-17-9-7-16(8-10-17)25-20(27)14-3-5-15(22)6-4-14/h3-10H,11H2,1-2H3,(H,25,27)(H,23,24,28). The number of H-pyrrole nitrogens is 1. The third-order valence-electron chi connectivity index (χ3n) is 4.22. The van der Waals surface area contributed by atoms with Gasteiger partial charge in [0.05, 0.1) is 6.42 Å². The molecule has 1 heterocycles. The molecule has 1 amide bonds. The van der Waals surface area contributed by atoms with Gasteiger partial charge >= 0.3 is 11.7 Å². The first-order chi connectivity index (χ1) is 13.8. The van der Waals surface area contributed by atoms with Crippen LogP contribution in [-0.4, -0.2) is 21.8 Å². The Labute approximate surface area is 171 Å². The van der Waals surface area contributed by atoms with Gasteiger partial charge in [0.1, 0.15) is 5.75 Å². The maximum atomic E-state index is 12.2. The van der Waals surface area contributed by atoms with Crippen LogP contribution >= 0.6 is 11.6 Å². The van der Waals surface area contributed by atoms with E-state index in [1.807, 2.05) is 0 Å². The highest BCUT2D eigenvalue weighted by Gasteiger charge is 2.13. The number of amides is 1. The largest absolute Gasteiger partial charge is 0.426 e. The SMILES string of the molecule is Cc1nc(=O)[nH]c(C)c1CC(=O)Oc1ccc(NC(=O)c2ccc(Cl)cc2)cc1. The maximum Gasteiger partial charge on any atom is 0.345 e. The molecule has 0 saturated carbocycles. The molecule has 1 aromatic heterocycles. The van der Waals surface area contributed by atoms with Gasteiger partial charge in [0.2, 0.25) is 0 Å². The van der Waals surface area contributed by atoms with Crippen molar-refractivity contribution in [3.63, 3.8) is 0 Å². The van der Waals surface area contributed by atoms with E-state index in [1.54, 1.807) is 62.4 Å². The van der Waals surface area contributed by atoms with Crippen molar-refractivity contribution in [1.29, 1.82) is 0 Å². The van der Waals surface area contributed by atoms with Crippen molar-refractivity contribution in [3.05, 3.63) is 86.6 Å². The van der Waals surface area contributed by atoms with Gasteiger partial charge in [-0.05, 0) is 62.4 Å². The summed E-state index contributed by atoms with van der Waals surface area (Å²) in [6.45, 7) is 3.37. The first-order valence-corrected chi connectivity index (χ1v) is 9.13. The van der Waals surface area contributed by atoms with Gasteiger partial charge in [0.15, 0.2) is 0 Å². The second-order valence-electron chi connectivity index (χ2n) is 6.37. The summed E-state index contributed by atoms with van der Waals surface area (Å²) >= 11 is 5.82. The van der Waals surface area contributed by atoms with E-state index >= 15 is 0 Å². The van der Waals surface area contributed by atoms with Crippen molar-refractivity contribution >= 4 is 29.2 Å². The van der Waals surface area contributed by atoms with E-state index in [4.69, 9.17) is 16.3 Å². The van der Waals surface area contributed by atoms with E-state index in [1.165, 1.54) is 0 Å². The zero-order valence-electron chi connectivity index (χ0n) is 15.8. The number of nitrogens with one attached hydrogen (secondary N) is 2. The molecule has 0 unspecified atom stereocenters. The lowest BCUT2D eigenvalue weighted by Gasteiger charge is -2.09. The van der Waals surface area contributed by atoms with E-state index in [0.29, 0.717) is 39.0 Å². The van der Waals surface area contributed by atoms with Crippen molar-refractivity contribution in [2.75, 3.05) is 5.32 Å². The summed E-state index contributed by atoms with van der Waals surface area (Å²) in [5, 5.41) is 3.31. The van der Waals surface area contributed by atoms with Crippen molar-refractivity contribution in [3.8, 4) is 5.75 Å². The quantitative estimate of drug-likeness (QED) is 0.494. The second kappa shape index (κ2) is 8.70. The Kier molecular flexibility index (Phi) is 6.09. The van der Waals surface area contributed by atoms with E-state index in [0.717, 1.165) is 0 Å². The number of nitrogens with zero attached hydrogens (tertiary/aromatic N) is 1. The molecule has 0 fully saturated rings. The zero-order valence-corrected chi connectivity index (χ0v) is 16.5. The van der Waals surface area contributed by atoms with Crippen molar-refractivity contribution in [2.24, 2.45) is 0 Å². The number of anilines is 1. The molecule has 2 aromatic carbocycles. The Morgan fingerprint density at radius 2 is 1.72 bits per heavy atom. The van der Waals surface area contributed by atoms with Crippen LogP contribution in [-0.2, 0) is 11.2 Å². The number of benzene rings is 2. The highest BCUT2D eigenvalue weighted by Crippen LogP contribution is 2.18. The molecule has 8 heteroatoms. The molecule has 0 radical (unpaired) electrons. The number of aromatic nitrogens is 2. The van der Waals surface area contributed by atoms with Gasteiger partial charge in [-0.15, -0.1) is 0 Å². The summed E-state index contributed by atoms with van der Waals surface area (Å²) in [6, 6.07) is 13.0. The van der Waals surface area contributed by atoms with Gasteiger partial charge in [-0.3, -0.25) is 9.59 Å². The molecule has 2 N–H and O–H groups in total. The molecule has 0 atom stereocenters. The highest BCUT2D eigenvalue weighted by molar-refractivity contribution is 6.30. The molecular weight excluding hydrogens is 394 g/mol. The predicted molar refractivity (Wildman–Crippen MR) is 110 cm³/mol. The topological polar surface area (TPSA) is 101 Å². The molecule has 0 aliphatic carbocycles. The Morgan fingerprint density at radius 3 is 2.34 bits per heavy atom. The van der Waals surface area contributed by atoms with Crippen molar-refractivity contribution in [1.82, 2.24) is 9.97 Å². The van der Waals surface area contributed by atoms with Gasteiger partial charge < -0.3 is 15.0 Å². The Morgan fingerprint density at radius 1 is 1.07 bits per heavy atom. The third kappa shape index (κ3) is 5.30. The fourth-order valence-corrected chi connectivity index (χ4v) is 2.86. The number of aromatic amines is 1. The zero-order chi connectivity index (χ0) is 21.0. The summed E-state index contributed by atoms with van der Waals surface area (Å²) in [5.74, 6) is -0.418. The van der Waals surface area contributed by atoms with Crippen LogP contribution in [0.1, 0.15) is 27.3 Å². The molecule has 148 valence electrons. The lowest BCUT2D eigenvalue weighted by molar-refractivity contribution is -0.133. The number of ether oxygens (including phenoxy) is 1. The fourth-order valence-electron chi connectivity index (χ4n) is 2.74. The minimum atomic E-state index is -0.483. The van der Waals surface area contributed by atoms with Crippen LogP contribution in [0.5, 0.6) is 5.75 Å². The minimum Gasteiger partial charge on any atom is -0.426 e. The number of hydrogen-bond acceptors (Lipinski definition) is 5. The smallest absolute Gasteiger partial charge is 0.345 e. The molecule has 0 saturated heterocycles. The van der Waals surface area contributed by atoms with Crippen LogP contribution in [0.4, 0.5) is 5.69 Å². The van der Waals surface area contributed by atoms with Crippen molar-refractivity contribution in [2.45, 2.75) is 20.3 Å². The van der Waals surface area contributed by atoms with Crippen LogP contribution in [0.2, 0.25) is 5.02 Å². The van der Waals surface area contributed by atoms with Crippen LogP contribution < -0.4 is 15.7 Å². The summed E-state index contributed by atoms with van der Waals surface area (Å²) in [7, 11) is 0. The number of aryl methyl sites for hydroxylation is 2. The first kappa shape index (κ1) is 20.3. The molecule has 29 heavy (non-hydrogen) atoms. The summed E-state index contributed by atoms with van der Waals surface area (Å²) in [4.78, 5) is 42.1. The van der Waals surface area contributed by atoms with Crippen LogP contribution in [0.15, 0.2) is 53.3 Å². The van der Waals surface area contributed by atoms with Crippen molar-refractivity contribution < 1.29 is 14.3 Å². The molecule has 3 rings (SSSR count). The number of carbonyl (C=O) groups is 2. The lowest BCUT2D eigenvalue weighted by Crippen LogP contribution is -2.20. The summed E-state index contributed by atoms with van der Waals surface area (Å²) in [6.07, 6.45) is -0.0174. The molecule has 0 bridgehead atoms. The Balaban J connectivity index is 1.61. The second-order valence-corrected chi connectivity index (χ2v) is 6.80. The fraction of sp³-hybridized carbons (Fsp3) is 0.143. The Hall–Kier alpha value is -3.45. The summed E-state index contributed by atoms with van der Waals surface area (Å²) in [5.41, 5.74) is 2.28. The van der Waals surface area contributed by atoms with Crippen LogP contribution in [0.25, 0.3) is 0 Å². The number of hydrogen-bond donors (Lipinski definition) is 2. The number of esters is 1. The maximum absolute atomic E-state index is 12.2.